The van der Waals surface area contributed by atoms with Gasteiger partial charge in [-0.3, -0.25) is 19.4 Å². The summed E-state index contributed by atoms with van der Waals surface area (Å²) < 4.78 is 0. The Kier molecular flexibility index (Phi) is 18.2. The van der Waals surface area contributed by atoms with Gasteiger partial charge in [0.05, 0.1) is 13.1 Å². The van der Waals surface area contributed by atoms with Gasteiger partial charge in [-0.05, 0) is 85.5 Å². The number of unbranched alkanes of at least 4 members (excludes halogenated alkanes) is 12. The van der Waals surface area contributed by atoms with E-state index in [-0.39, 0.29) is 11.6 Å². The molecule has 0 aliphatic rings. The van der Waals surface area contributed by atoms with Crippen LogP contribution >= 0.6 is 0 Å². The van der Waals surface area contributed by atoms with E-state index in [9.17, 15) is 9.59 Å². The van der Waals surface area contributed by atoms with Gasteiger partial charge >= 0.3 is 0 Å². The summed E-state index contributed by atoms with van der Waals surface area (Å²) in [6, 6.07) is 16.5. The zero-order valence-electron chi connectivity index (χ0n) is 29.9. The maximum atomic E-state index is 13.8. The van der Waals surface area contributed by atoms with Crippen molar-refractivity contribution in [2.75, 3.05) is 39.3 Å². The van der Waals surface area contributed by atoms with Crippen LogP contribution in [0.1, 0.15) is 151 Å². The lowest BCUT2D eigenvalue weighted by atomic mass is 9.94. The molecule has 0 saturated heterocycles. The van der Waals surface area contributed by atoms with Crippen molar-refractivity contribution < 1.29 is 9.59 Å². The van der Waals surface area contributed by atoms with E-state index in [1.165, 1.54) is 77.0 Å². The molecular formula is C42H64N2O2. The first kappa shape index (κ1) is 37.9. The molecule has 0 fully saturated rings. The van der Waals surface area contributed by atoms with E-state index in [0.29, 0.717) is 13.1 Å². The third-order valence-electron chi connectivity index (χ3n) is 9.53. The van der Waals surface area contributed by atoms with E-state index in [0.717, 1.165) is 84.5 Å². The Bertz CT molecular complexity index is 1190. The highest BCUT2D eigenvalue weighted by Crippen LogP contribution is 2.29. The van der Waals surface area contributed by atoms with Crippen molar-refractivity contribution in [3.05, 3.63) is 59.7 Å². The molecule has 0 aromatic heterocycles. The summed E-state index contributed by atoms with van der Waals surface area (Å²) in [7, 11) is 0. The van der Waals surface area contributed by atoms with Gasteiger partial charge in [0.1, 0.15) is 0 Å². The second kappa shape index (κ2) is 22.1. The van der Waals surface area contributed by atoms with E-state index in [1.54, 1.807) is 0 Å². The Morgan fingerprint density at radius 1 is 0.457 bits per heavy atom. The third kappa shape index (κ3) is 12.6. The zero-order valence-corrected chi connectivity index (χ0v) is 29.9. The molecule has 0 N–H and O–H groups in total. The third-order valence-corrected chi connectivity index (χ3v) is 9.53. The molecule has 0 aliphatic carbocycles. The van der Waals surface area contributed by atoms with E-state index in [1.807, 2.05) is 24.3 Å². The summed E-state index contributed by atoms with van der Waals surface area (Å²) in [5.41, 5.74) is 1.60. The predicted octanol–water partition coefficient (Wildman–Crippen LogP) is 11.3. The summed E-state index contributed by atoms with van der Waals surface area (Å²) in [6.45, 7) is 13.9. The van der Waals surface area contributed by atoms with E-state index in [4.69, 9.17) is 0 Å². The number of Topliss-reactive ketones (excluding diaryl/α,β-unsaturated/α-hetero) is 2. The fourth-order valence-electron chi connectivity index (χ4n) is 6.70. The molecule has 46 heavy (non-hydrogen) atoms. The number of carbonyl (C=O) groups is 2. The molecule has 0 radical (unpaired) electrons. The van der Waals surface area contributed by atoms with Crippen LogP contribution in [0, 0.1) is 0 Å². The van der Waals surface area contributed by atoms with E-state index >= 15 is 0 Å². The Morgan fingerprint density at radius 3 is 1.09 bits per heavy atom. The predicted molar refractivity (Wildman–Crippen MR) is 200 cm³/mol. The molecule has 0 amide bonds. The van der Waals surface area contributed by atoms with Crippen LogP contribution in [0.25, 0.3) is 21.5 Å². The quantitative estimate of drug-likeness (QED) is 0.0504. The summed E-state index contributed by atoms with van der Waals surface area (Å²) in [5.74, 6) is 0.398. The highest BCUT2D eigenvalue weighted by Gasteiger charge is 2.18. The van der Waals surface area contributed by atoms with Gasteiger partial charge in [0, 0.05) is 11.1 Å². The first-order chi connectivity index (χ1) is 22.5. The van der Waals surface area contributed by atoms with Crippen LogP contribution in [-0.2, 0) is 0 Å². The summed E-state index contributed by atoms with van der Waals surface area (Å²) in [6.07, 6.45) is 19.5. The second-order valence-electron chi connectivity index (χ2n) is 13.5. The largest absolute Gasteiger partial charge is 0.296 e. The maximum Gasteiger partial charge on any atom is 0.177 e. The van der Waals surface area contributed by atoms with Crippen molar-refractivity contribution in [3.63, 3.8) is 0 Å². The number of rotatable bonds is 26. The monoisotopic (exact) mass is 628 g/mol. The Morgan fingerprint density at radius 2 is 0.783 bits per heavy atom. The van der Waals surface area contributed by atoms with Crippen molar-refractivity contribution >= 4 is 33.1 Å². The molecule has 0 saturated carbocycles. The van der Waals surface area contributed by atoms with Gasteiger partial charge in [-0.1, -0.05) is 141 Å². The van der Waals surface area contributed by atoms with Crippen molar-refractivity contribution in [1.82, 2.24) is 9.80 Å². The molecule has 4 heteroatoms. The highest BCUT2D eigenvalue weighted by molar-refractivity contribution is 6.16. The number of fused-ring (bicyclic) bond motifs is 2. The van der Waals surface area contributed by atoms with Gasteiger partial charge in [-0.15, -0.1) is 0 Å². The van der Waals surface area contributed by atoms with Gasteiger partial charge in [-0.2, -0.15) is 0 Å². The lowest BCUT2D eigenvalue weighted by Gasteiger charge is -2.22. The van der Waals surface area contributed by atoms with Crippen LogP contribution in [0.15, 0.2) is 48.5 Å². The molecule has 0 atom stereocenters. The minimum absolute atomic E-state index is 0.199. The zero-order chi connectivity index (χ0) is 33.0. The molecule has 0 heterocycles. The molecule has 254 valence electrons. The van der Waals surface area contributed by atoms with Crippen LogP contribution < -0.4 is 0 Å². The number of carbonyl (C=O) groups excluding carboxylic acids is 2. The van der Waals surface area contributed by atoms with Crippen molar-refractivity contribution in [3.8, 4) is 0 Å². The van der Waals surface area contributed by atoms with Gasteiger partial charge in [0.2, 0.25) is 0 Å². The topological polar surface area (TPSA) is 40.6 Å². The molecule has 3 rings (SSSR count). The Balaban J connectivity index is 1.81. The number of ketones is 2. The maximum absolute atomic E-state index is 13.8. The number of nitrogens with zero attached hydrogens (tertiary/aromatic N) is 2. The average molecular weight is 629 g/mol. The molecule has 4 nitrogen and oxygen atoms in total. The first-order valence-corrected chi connectivity index (χ1v) is 19.0. The molecular weight excluding hydrogens is 564 g/mol. The fourth-order valence-corrected chi connectivity index (χ4v) is 6.70. The normalized spacial score (nSPS) is 11.8. The standard InChI is InChI=1S/C42H64N2O2/c1-5-9-13-17-27-43(28-18-14-10-6-2)33-41(45)37-25-21-23-35-32-40-36(31-39(35)37)24-22-26-38(40)42(46)34-44(29-19-15-11-7-3)30-20-16-12-8-4/h21-26,31-32H,5-20,27-30,33-34H2,1-4H3. The van der Waals surface area contributed by atoms with Gasteiger partial charge in [-0.25, -0.2) is 0 Å². The number of hydrogen-bond donors (Lipinski definition) is 0. The van der Waals surface area contributed by atoms with Gasteiger partial charge in [0.25, 0.3) is 0 Å². The summed E-state index contributed by atoms with van der Waals surface area (Å²) in [4.78, 5) is 32.4. The second-order valence-corrected chi connectivity index (χ2v) is 13.5. The molecule has 3 aromatic carbocycles. The van der Waals surface area contributed by atoms with Crippen LogP contribution in [0.5, 0.6) is 0 Å². The summed E-state index contributed by atoms with van der Waals surface area (Å²) in [5, 5.41) is 4.06. The van der Waals surface area contributed by atoms with Crippen LogP contribution in [0.3, 0.4) is 0 Å². The Hall–Kier alpha value is -2.56. The van der Waals surface area contributed by atoms with Gasteiger partial charge in [0.15, 0.2) is 11.6 Å². The number of hydrogen-bond acceptors (Lipinski definition) is 4. The fraction of sp³-hybridized carbons (Fsp3) is 0.619. The SMILES string of the molecule is CCCCCCN(CCCCCC)CC(=O)c1cccc2cc3c(C(=O)CN(CCCCCC)CCCCCC)cccc3cc12. The average Bonchev–Trinajstić information content (AvgIpc) is 3.06. The minimum Gasteiger partial charge on any atom is -0.296 e. The molecule has 0 unspecified atom stereocenters. The molecule has 0 bridgehead atoms. The lowest BCUT2D eigenvalue weighted by molar-refractivity contribution is 0.0921. The van der Waals surface area contributed by atoms with Crippen LogP contribution in [0.2, 0.25) is 0 Å². The molecule has 3 aromatic rings. The Labute approximate surface area is 281 Å². The van der Waals surface area contributed by atoms with Crippen molar-refractivity contribution in [1.29, 1.82) is 0 Å². The van der Waals surface area contributed by atoms with Gasteiger partial charge < -0.3 is 0 Å². The van der Waals surface area contributed by atoms with Crippen LogP contribution in [-0.4, -0.2) is 60.6 Å². The number of benzene rings is 3. The first-order valence-electron chi connectivity index (χ1n) is 19.0. The molecule has 0 spiro atoms. The lowest BCUT2D eigenvalue weighted by Crippen LogP contribution is -2.32. The molecule has 0 aliphatic heterocycles. The van der Waals surface area contributed by atoms with Crippen molar-refractivity contribution in [2.24, 2.45) is 0 Å². The minimum atomic E-state index is 0.199. The van der Waals surface area contributed by atoms with Crippen LogP contribution in [0.4, 0.5) is 0 Å². The van der Waals surface area contributed by atoms with E-state index < -0.39 is 0 Å². The van der Waals surface area contributed by atoms with Crippen molar-refractivity contribution in [2.45, 2.75) is 130 Å². The smallest absolute Gasteiger partial charge is 0.177 e. The van der Waals surface area contributed by atoms with E-state index in [2.05, 4.69) is 61.8 Å². The summed E-state index contributed by atoms with van der Waals surface area (Å²) >= 11 is 0. The highest BCUT2D eigenvalue weighted by atomic mass is 16.1.